The molecule has 1 N–H and O–H groups in total. The molecule has 47 heavy (non-hydrogen) atoms. The first kappa shape index (κ1) is 34.7. The number of esters is 1. The van der Waals surface area contributed by atoms with Crippen molar-refractivity contribution in [2.75, 3.05) is 32.9 Å². The number of nitrogens with one attached hydrogen (secondary N) is 1. The second kappa shape index (κ2) is 16.4. The number of ketones is 1. The minimum atomic E-state index is -0.947. The lowest BCUT2D eigenvalue weighted by Gasteiger charge is -2.38. The van der Waals surface area contributed by atoms with Gasteiger partial charge in [0, 0.05) is 41.6 Å². The highest BCUT2D eigenvalue weighted by Gasteiger charge is 2.34. The number of allylic oxidation sites excluding steroid dienone is 1. The predicted molar refractivity (Wildman–Crippen MR) is 175 cm³/mol. The standard InChI is InChI=1S/C35H35ClN2O9/c1-5-45-35(42)47-21-46-34(41)24-11-14-26(15-12-24)37-33(40)30(17-23-9-7-6-8-10-23)38-20-31(43-3)29(19-32(38)44-4)28-18-25(36)13-16-27(28)22(2)39/h6-16,18-20,30,32H,5,17,21H2,1-4H3,(H,37,40). The number of rotatable bonds is 13. The SMILES string of the molecule is CCOC(=O)OCOC(=O)c1ccc(NC(=O)C(Cc2ccccc2)N2C=C(OC)C(c3cc(Cl)ccc3C(C)=O)=CC2OC)cc1. The molecule has 11 nitrogen and oxygen atoms in total. The number of Topliss-reactive ketones (excluding diaryl/α,β-unsaturated/α-hetero) is 1. The molecule has 0 spiro atoms. The first-order valence-corrected chi connectivity index (χ1v) is 15.0. The molecule has 3 aromatic rings. The number of anilines is 1. The number of benzene rings is 3. The monoisotopic (exact) mass is 662 g/mol. The van der Waals surface area contributed by atoms with E-state index < -0.39 is 31.2 Å². The topological polar surface area (TPSA) is 130 Å². The van der Waals surface area contributed by atoms with Gasteiger partial charge < -0.3 is 33.9 Å². The van der Waals surface area contributed by atoms with Gasteiger partial charge in [-0.3, -0.25) is 9.59 Å². The van der Waals surface area contributed by atoms with Gasteiger partial charge in [-0.2, -0.15) is 0 Å². The minimum Gasteiger partial charge on any atom is -0.495 e. The Hall–Kier alpha value is -5.13. The van der Waals surface area contributed by atoms with Gasteiger partial charge in [0.05, 0.1) is 19.3 Å². The fourth-order valence-electron chi connectivity index (χ4n) is 4.94. The van der Waals surface area contributed by atoms with Gasteiger partial charge in [-0.15, -0.1) is 0 Å². The lowest BCUT2D eigenvalue weighted by atomic mass is 9.93. The Bertz CT molecular complexity index is 1660. The van der Waals surface area contributed by atoms with Crippen molar-refractivity contribution >= 4 is 46.7 Å². The van der Waals surface area contributed by atoms with Gasteiger partial charge in [0.25, 0.3) is 0 Å². The van der Waals surface area contributed by atoms with E-state index in [1.165, 1.54) is 33.3 Å². The van der Waals surface area contributed by atoms with E-state index in [0.29, 0.717) is 39.6 Å². The van der Waals surface area contributed by atoms with Crippen LogP contribution >= 0.6 is 11.6 Å². The number of carbonyl (C=O) groups is 4. The van der Waals surface area contributed by atoms with Crippen LogP contribution in [0.15, 0.2) is 90.8 Å². The van der Waals surface area contributed by atoms with Crippen molar-refractivity contribution in [3.8, 4) is 0 Å². The van der Waals surface area contributed by atoms with Crippen molar-refractivity contribution in [3.05, 3.63) is 118 Å². The predicted octanol–water partition coefficient (Wildman–Crippen LogP) is 6.24. The van der Waals surface area contributed by atoms with Gasteiger partial charge in [0.1, 0.15) is 18.0 Å². The first-order valence-electron chi connectivity index (χ1n) is 14.7. The average molecular weight is 663 g/mol. The number of ether oxygens (including phenoxy) is 5. The van der Waals surface area contributed by atoms with Crippen LogP contribution in [0.4, 0.5) is 10.5 Å². The molecule has 1 aliphatic heterocycles. The van der Waals surface area contributed by atoms with Crippen LogP contribution in [0.1, 0.15) is 45.7 Å². The Morgan fingerprint density at radius 1 is 0.936 bits per heavy atom. The van der Waals surface area contributed by atoms with Crippen molar-refractivity contribution in [2.45, 2.75) is 32.5 Å². The van der Waals surface area contributed by atoms with E-state index in [-0.39, 0.29) is 23.9 Å². The van der Waals surface area contributed by atoms with Gasteiger partial charge >= 0.3 is 12.1 Å². The van der Waals surface area contributed by atoms with Crippen molar-refractivity contribution < 1.29 is 42.9 Å². The highest BCUT2D eigenvalue weighted by atomic mass is 35.5. The van der Waals surface area contributed by atoms with Crippen LogP contribution in [0.5, 0.6) is 0 Å². The van der Waals surface area contributed by atoms with Crippen LogP contribution in [-0.4, -0.2) is 68.6 Å². The summed E-state index contributed by atoms with van der Waals surface area (Å²) in [6, 6.07) is 19.8. The van der Waals surface area contributed by atoms with Crippen LogP contribution in [0, 0.1) is 0 Å². The van der Waals surface area contributed by atoms with E-state index in [1.807, 2.05) is 30.3 Å². The van der Waals surface area contributed by atoms with Gasteiger partial charge in [-0.05, 0) is 73.5 Å². The number of halogens is 1. The van der Waals surface area contributed by atoms with E-state index >= 15 is 0 Å². The largest absolute Gasteiger partial charge is 0.511 e. The van der Waals surface area contributed by atoms with Crippen LogP contribution < -0.4 is 5.32 Å². The van der Waals surface area contributed by atoms with Gasteiger partial charge in [-0.25, -0.2) is 9.59 Å². The maximum absolute atomic E-state index is 14.0. The molecule has 0 fully saturated rings. The molecule has 0 saturated heterocycles. The molecule has 1 heterocycles. The highest BCUT2D eigenvalue weighted by molar-refractivity contribution is 6.31. The quantitative estimate of drug-likeness (QED) is 0.128. The summed E-state index contributed by atoms with van der Waals surface area (Å²) in [5, 5.41) is 3.37. The molecule has 1 aliphatic rings. The Balaban J connectivity index is 1.59. The van der Waals surface area contributed by atoms with E-state index in [4.69, 9.17) is 25.8 Å². The van der Waals surface area contributed by atoms with Gasteiger partial charge in [-0.1, -0.05) is 41.9 Å². The molecular formula is C35H35ClN2O9. The third-order valence-electron chi connectivity index (χ3n) is 7.20. The maximum atomic E-state index is 14.0. The normalized spacial score (nSPS) is 14.7. The zero-order chi connectivity index (χ0) is 33.9. The van der Waals surface area contributed by atoms with E-state index in [0.717, 1.165) is 5.56 Å². The molecule has 0 bridgehead atoms. The molecule has 1 amide bonds. The summed E-state index contributed by atoms with van der Waals surface area (Å²) in [6.45, 7) is 2.62. The Morgan fingerprint density at radius 3 is 2.30 bits per heavy atom. The smallest absolute Gasteiger partial charge is 0.495 e. The number of hydrogen-bond acceptors (Lipinski definition) is 10. The third-order valence-corrected chi connectivity index (χ3v) is 7.43. The summed E-state index contributed by atoms with van der Waals surface area (Å²) in [5.74, 6) is -0.818. The molecule has 0 aliphatic carbocycles. The maximum Gasteiger partial charge on any atom is 0.511 e. The highest BCUT2D eigenvalue weighted by Crippen LogP contribution is 2.35. The fourth-order valence-corrected chi connectivity index (χ4v) is 5.11. The molecule has 2 atom stereocenters. The summed E-state index contributed by atoms with van der Waals surface area (Å²) >= 11 is 6.32. The van der Waals surface area contributed by atoms with Crippen molar-refractivity contribution in [2.24, 2.45) is 0 Å². The summed E-state index contributed by atoms with van der Waals surface area (Å²) in [7, 11) is 3.03. The van der Waals surface area contributed by atoms with Crippen molar-refractivity contribution in [1.29, 1.82) is 0 Å². The number of methoxy groups -OCH3 is 2. The Labute approximate surface area is 277 Å². The molecule has 246 valence electrons. The van der Waals surface area contributed by atoms with Gasteiger partial charge in [0.15, 0.2) is 5.78 Å². The number of nitrogens with zero attached hydrogens (tertiary/aromatic N) is 1. The fraction of sp³-hybridized carbons (Fsp3) is 0.257. The molecule has 3 aromatic carbocycles. The first-order chi connectivity index (χ1) is 22.6. The number of hydrogen-bond donors (Lipinski definition) is 1. The zero-order valence-corrected chi connectivity index (χ0v) is 27.1. The zero-order valence-electron chi connectivity index (χ0n) is 26.4. The number of amides is 1. The average Bonchev–Trinajstić information content (AvgIpc) is 3.07. The second-order valence-electron chi connectivity index (χ2n) is 10.2. The summed E-state index contributed by atoms with van der Waals surface area (Å²) < 4.78 is 25.9. The van der Waals surface area contributed by atoms with Crippen LogP contribution in [0.2, 0.25) is 5.02 Å². The molecular weight excluding hydrogens is 628 g/mol. The molecule has 0 radical (unpaired) electrons. The van der Waals surface area contributed by atoms with Crippen LogP contribution in [-0.2, 0) is 34.9 Å². The van der Waals surface area contributed by atoms with E-state index in [9.17, 15) is 19.2 Å². The van der Waals surface area contributed by atoms with Crippen LogP contribution in [0.3, 0.4) is 0 Å². The molecule has 2 unspecified atom stereocenters. The Kier molecular flexibility index (Phi) is 12.1. The Morgan fingerprint density at radius 2 is 1.66 bits per heavy atom. The molecule has 0 aromatic heterocycles. The summed E-state index contributed by atoms with van der Waals surface area (Å²) in [6.07, 6.45) is 2.12. The third kappa shape index (κ3) is 8.99. The summed E-state index contributed by atoms with van der Waals surface area (Å²) in [4.78, 5) is 51.8. The molecule has 4 rings (SSSR count). The van der Waals surface area contributed by atoms with E-state index in [2.05, 4.69) is 14.8 Å². The van der Waals surface area contributed by atoms with Crippen molar-refractivity contribution in [3.63, 3.8) is 0 Å². The van der Waals surface area contributed by atoms with E-state index in [1.54, 1.807) is 54.4 Å². The molecule has 0 saturated carbocycles. The lowest BCUT2D eigenvalue weighted by molar-refractivity contribution is -0.123. The minimum absolute atomic E-state index is 0.128. The van der Waals surface area contributed by atoms with Crippen LogP contribution in [0.25, 0.3) is 5.57 Å². The second-order valence-corrected chi connectivity index (χ2v) is 10.7. The number of carbonyl (C=O) groups excluding carboxylic acids is 4. The summed E-state index contributed by atoms with van der Waals surface area (Å²) in [5.41, 5.74) is 3.15. The van der Waals surface area contributed by atoms with Crippen molar-refractivity contribution in [1.82, 2.24) is 4.90 Å². The molecule has 12 heteroatoms. The van der Waals surface area contributed by atoms with Gasteiger partial charge in [0.2, 0.25) is 12.7 Å². The lowest BCUT2D eigenvalue weighted by Crippen LogP contribution is -2.49.